The van der Waals surface area contributed by atoms with Gasteiger partial charge in [0.1, 0.15) is 0 Å². The van der Waals surface area contributed by atoms with Crippen LogP contribution in [0.2, 0.25) is 0 Å². The standard InChI is InChI=1S/C12H14F2N2O3/c1-19-11-4-7(13)9(3-8(11)14)16-12(18)10-2-6(17)5-15-10/h3-4,6,10,15,17H,2,5H2,1H3,(H,16,18). The Morgan fingerprint density at radius 1 is 1.47 bits per heavy atom. The van der Waals surface area contributed by atoms with E-state index in [-0.39, 0.29) is 17.9 Å². The van der Waals surface area contributed by atoms with Crippen molar-refractivity contribution in [2.45, 2.75) is 18.6 Å². The van der Waals surface area contributed by atoms with Gasteiger partial charge in [-0.15, -0.1) is 0 Å². The molecule has 1 aromatic carbocycles. The van der Waals surface area contributed by atoms with Gasteiger partial charge in [-0.2, -0.15) is 0 Å². The molecule has 19 heavy (non-hydrogen) atoms. The molecule has 1 saturated heterocycles. The number of carbonyl (C=O) groups excluding carboxylic acids is 1. The van der Waals surface area contributed by atoms with E-state index in [0.717, 1.165) is 12.1 Å². The van der Waals surface area contributed by atoms with Gasteiger partial charge in [0.05, 0.1) is 24.9 Å². The highest BCUT2D eigenvalue weighted by molar-refractivity contribution is 5.95. The first-order valence-electron chi connectivity index (χ1n) is 5.76. The highest BCUT2D eigenvalue weighted by Crippen LogP contribution is 2.25. The summed E-state index contributed by atoms with van der Waals surface area (Å²) in [6.07, 6.45) is -0.361. The van der Waals surface area contributed by atoms with Crippen LogP contribution in [-0.2, 0) is 4.79 Å². The van der Waals surface area contributed by atoms with Gasteiger partial charge in [0.2, 0.25) is 5.91 Å². The lowest BCUT2D eigenvalue weighted by atomic mass is 10.2. The van der Waals surface area contributed by atoms with Gasteiger partial charge in [-0.05, 0) is 6.42 Å². The Bertz CT molecular complexity index is 496. The fourth-order valence-electron chi connectivity index (χ4n) is 1.92. The topological polar surface area (TPSA) is 70.6 Å². The first-order valence-corrected chi connectivity index (χ1v) is 5.76. The van der Waals surface area contributed by atoms with Crippen molar-refractivity contribution in [3.63, 3.8) is 0 Å². The van der Waals surface area contributed by atoms with Gasteiger partial charge in [0, 0.05) is 18.7 Å². The number of hydrogen-bond acceptors (Lipinski definition) is 4. The number of hydrogen-bond donors (Lipinski definition) is 3. The molecule has 1 amide bonds. The molecule has 2 atom stereocenters. The fraction of sp³-hybridized carbons (Fsp3) is 0.417. The number of benzene rings is 1. The fourth-order valence-corrected chi connectivity index (χ4v) is 1.92. The van der Waals surface area contributed by atoms with E-state index in [1.165, 1.54) is 7.11 Å². The van der Waals surface area contributed by atoms with Crippen LogP contribution in [0.3, 0.4) is 0 Å². The monoisotopic (exact) mass is 272 g/mol. The molecule has 7 heteroatoms. The van der Waals surface area contributed by atoms with Crippen LogP contribution in [0.4, 0.5) is 14.5 Å². The van der Waals surface area contributed by atoms with Crippen molar-refractivity contribution in [2.75, 3.05) is 19.0 Å². The van der Waals surface area contributed by atoms with Crippen molar-refractivity contribution in [3.8, 4) is 5.75 Å². The lowest BCUT2D eigenvalue weighted by Gasteiger charge is -2.12. The summed E-state index contributed by atoms with van der Waals surface area (Å²) >= 11 is 0. The molecular formula is C12H14F2N2O3. The highest BCUT2D eigenvalue weighted by atomic mass is 19.1. The molecule has 0 bridgehead atoms. The Morgan fingerprint density at radius 2 is 2.21 bits per heavy atom. The van der Waals surface area contributed by atoms with Crippen molar-refractivity contribution in [1.29, 1.82) is 0 Å². The van der Waals surface area contributed by atoms with Gasteiger partial charge in [0.25, 0.3) is 0 Å². The third kappa shape index (κ3) is 2.99. The van der Waals surface area contributed by atoms with Gasteiger partial charge in [-0.1, -0.05) is 0 Å². The molecule has 1 aliphatic rings. The van der Waals surface area contributed by atoms with Gasteiger partial charge in [0.15, 0.2) is 17.4 Å². The Morgan fingerprint density at radius 3 is 2.79 bits per heavy atom. The molecule has 0 saturated carbocycles. The molecule has 5 nitrogen and oxygen atoms in total. The summed E-state index contributed by atoms with van der Waals surface area (Å²) in [5.74, 6) is -2.30. The Labute approximate surface area is 108 Å². The highest BCUT2D eigenvalue weighted by Gasteiger charge is 2.28. The van der Waals surface area contributed by atoms with Crippen LogP contribution >= 0.6 is 0 Å². The molecule has 1 heterocycles. The number of β-amino-alcohol motifs (C(OH)–C–C–N with tert-alkyl or cyclic N) is 1. The number of halogens is 2. The minimum absolute atomic E-state index is 0.232. The van der Waals surface area contributed by atoms with E-state index in [9.17, 15) is 18.7 Å². The number of amides is 1. The smallest absolute Gasteiger partial charge is 0.241 e. The van der Waals surface area contributed by atoms with Gasteiger partial charge < -0.3 is 20.5 Å². The van der Waals surface area contributed by atoms with Crippen molar-refractivity contribution in [1.82, 2.24) is 5.32 Å². The number of anilines is 1. The van der Waals surface area contributed by atoms with Gasteiger partial charge in [-0.25, -0.2) is 8.78 Å². The van der Waals surface area contributed by atoms with Crippen molar-refractivity contribution in [2.24, 2.45) is 0 Å². The maximum atomic E-state index is 13.6. The third-order valence-corrected chi connectivity index (χ3v) is 2.92. The van der Waals surface area contributed by atoms with E-state index in [0.29, 0.717) is 6.54 Å². The summed E-state index contributed by atoms with van der Waals surface area (Å²) < 4.78 is 31.7. The van der Waals surface area contributed by atoms with E-state index < -0.39 is 29.7 Å². The number of rotatable bonds is 3. The second-order valence-corrected chi connectivity index (χ2v) is 4.31. The van der Waals surface area contributed by atoms with Gasteiger partial charge in [-0.3, -0.25) is 4.79 Å². The first-order chi connectivity index (χ1) is 9.01. The second-order valence-electron chi connectivity index (χ2n) is 4.31. The molecule has 1 aliphatic heterocycles. The molecule has 1 aromatic rings. The molecule has 3 N–H and O–H groups in total. The van der Waals surface area contributed by atoms with Crippen LogP contribution in [0.5, 0.6) is 5.75 Å². The predicted molar refractivity (Wildman–Crippen MR) is 64.0 cm³/mol. The quantitative estimate of drug-likeness (QED) is 0.755. The zero-order valence-corrected chi connectivity index (χ0v) is 10.2. The maximum Gasteiger partial charge on any atom is 0.241 e. The zero-order chi connectivity index (χ0) is 14.0. The van der Waals surface area contributed by atoms with Crippen molar-refractivity contribution >= 4 is 11.6 Å². The Balaban J connectivity index is 2.11. The number of aliphatic hydroxyl groups is 1. The van der Waals surface area contributed by atoms with E-state index in [4.69, 9.17) is 0 Å². The number of methoxy groups -OCH3 is 1. The first kappa shape index (κ1) is 13.7. The maximum absolute atomic E-state index is 13.6. The molecule has 0 spiro atoms. The summed E-state index contributed by atoms with van der Waals surface area (Å²) in [4.78, 5) is 11.8. The minimum atomic E-state index is -0.787. The van der Waals surface area contributed by atoms with E-state index >= 15 is 0 Å². The number of nitrogens with one attached hydrogen (secondary N) is 2. The Kier molecular flexibility index (Phi) is 3.96. The largest absolute Gasteiger partial charge is 0.494 e. The van der Waals surface area contributed by atoms with Crippen LogP contribution in [-0.4, -0.2) is 36.8 Å². The average Bonchev–Trinajstić information content (AvgIpc) is 2.80. The van der Waals surface area contributed by atoms with Crippen molar-refractivity contribution in [3.05, 3.63) is 23.8 Å². The van der Waals surface area contributed by atoms with Gasteiger partial charge >= 0.3 is 0 Å². The lowest BCUT2D eigenvalue weighted by Crippen LogP contribution is -2.35. The van der Waals surface area contributed by atoms with Crippen LogP contribution in [0, 0.1) is 11.6 Å². The number of carbonyl (C=O) groups is 1. The van der Waals surface area contributed by atoms with Crippen LogP contribution in [0.25, 0.3) is 0 Å². The Hall–Kier alpha value is -1.73. The van der Waals surface area contributed by atoms with Crippen LogP contribution in [0.1, 0.15) is 6.42 Å². The molecule has 2 unspecified atom stereocenters. The predicted octanol–water partition coefficient (Wildman–Crippen LogP) is 0.635. The normalized spacial score (nSPS) is 22.3. The van der Waals surface area contributed by atoms with E-state index in [1.54, 1.807) is 0 Å². The summed E-state index contributed by atoms with van der Waals surface area (Å²) in [7, 11) is 1.22. The molecule has 0 radical (unpaired) electrons. The van der Waals surface area contributed by atoms with Crippen LogP contribution < -0.4 is 15.4 Å². The molecule has 104 valence electrons. The van der Waals surface area contributed by atoms with Crippen molar-refractivity contribution < 1.29 is 23.4 Å². The summed E-state index contributed by atoms with van der Waals surface area (Å²) in [6.45, 7) is 0.303. The average molecular weight is 272 g/mol. The molecule has 0 aliphatic carbocycles. The zero-order valence-electron chi connectivity index (χ0n) is 10.2. The van der Waals surface area contributed by atoms with E-state index in [2.05, 4.69) is 15.4 Å². The lowest BCUT2D eigenvalue weighted by molar-refractivity contribution is -0.118. The number of aliphatic hydroxyl groups excluding tert-OH is 1. The molecule has 2 rings (SSSR count). The SMILES string of the molecule is COc1cc(F)c(NC(=O)C2CC(O)CN2)cc1F. The van der Waals surface area contributed by atoms with E-state index in [1.807, 2.05) is 0 Å². The third-order valence-electron chi connectivity index (χ3n) is 2.92. The van der Waals surface area contributed by atoms with Crippen LogP contribution in [0.15, 0.2) is 12.1 Å². The minimum Gasteiger partial charge on any atom is -0.494 e. The summed E-state index contributed by atoms with van der Waals surface area (Å²) in [6, 6.07) is 1.11. The molecule has 0 aromatic heterocycles. The molecule has 1 fully saturated rings. The molecular weight excluding hydrogens is 258 g/mol. The summed E-state index contributed by atoms with van der Waals surface area (Å²) in [5.41, 5.74) is -0.258. The summed E-state index contributed by atoms with van der Waals surface area (Å²) in [5, 5.41) is 14.4. The number of ether oxygens (including phenoxy) is 1. The second kappa shape index (κ2) is 5.50.